The molecule has 0 aliphatic carbocycles. The minimum absolute atomic E-state index is 0.112. The van der Waals surface area contributed by atoms with Gasteiger partial charge in [0.15, 0.2) is 11.5 Å². The summed E-state index contributed by atoms with van der Waals surface area (Å²) in [5.41, 5.74) is 0.670. The lowest BCUT2D eigenvalue weighted by Gasteiger charge is -2.32. The molecule has 2 aliphatic rings. The van der Waals surface area contributed by atoms with Crippen LogP contribution >= 0.6 is 0 Å². The van der Waals surface area contributed by atoms with Gasteiger partial charge >= 0.3 is 12.0 Å². The summed E-state index contributed by atoms with van der Waals surface area (Å²) in [6, 6.07) is 7.25. The number of anilines is 1. The van der Waals surface area contributed by atoms with Gasteiger partial charge in [-0.1, -0.05) is 0 Å². The van der Waals surface area contributed by atoms with Gasteiger partial charge in [0, 0.05) is 30.7 Å². The minimum atomic E-state index is -0.166. The number of benzene rings is 1. The summed E-state index contributed by atoms with van der Waals surface area (Å²) in [6.07, 6.45) is 4.89. The summed E-state index contributed by atoms with van der Waals surface area (Å²) in [6.45, 7) is 1.39. The molecule has 0 bridgehead atoms. The molecular weight excluding hydrogens is 324 g/mol. The fourth-order valence-corrected chi connectivity index (χ4v) is 2.89. The number of aromatic nitrogens is 2. The van der Waals surface area contributed by atoms with E-state index in [0.29, 0.717) is 36.3 Å². The number of carbonyl (C=O) groups is 1. The number of piperidine rings is 1. The van der Waals surface area contributed by atoms with E-state index in [1.807, 2.05) is 0 Å². The van der Waals surface area contributed by atoms with E-state index in [2.05, 4.69) is 15.3 Å². The van der Waals surface area contributed by atoms with Crippen molar-refractivity contribution in [3.8, 4) is 17.5 Å². The molecule has 1 saturated heterocycles. The molecule has 0 saturated carbocycles. The Bertz CT molecular complexity index is 756. The molecule has 8 heteroatoms. The molecule has 2 aromatic rings. The van der Waals surface area contributed by atoms with E-state index >= 15 is 0 Å². The maximum atomic E-state index is 12.5. The van der Waals surface area contributed by atoms with Crippen LogP contribution in [0.25, 0.3) is 0 Å². The van der Waals surface area contributed by atoms with Crippen molar-refractivity contribution in [2.24, 2.45) is 0 Å². The highest BCUT2D eigenvalue weighted by molar-refractivity contribution is 5.89. The molecule has 2 amide bonds. The molecule has 1 unspecified atom stereocenters. The summed E-state index contributed by atoms with van der Waals surface area (Å²) >= 11 is 0. The van der Waals surface area contributed by atoms with Gasteiger partial charge in [0.2, 0.25) is 6.79 Å². The number of carbonyl (C=O) groups excluding carboxylic acids is 1. The summed E-state index contributed by atoms with van der Waals surface area (Å²) in [4.78, 5) is 22.4. The van der Waals surface area contributed by atoms with Gasteiger partial charge in [0.05, 0.1) is 6.54 Å². The van der Waals surface area contributed by atoms with Crippen molar-refractivity contribution in [2.75, 3.05) is 25.2 Å². The average molecular weight is 342 g/mol. The number of urea groups is 1. The quantitative estimate of drug-likeness (QED) is 0.921. The predicted molar refractivity (Wildman–Crippen MR) is 88.8 cm³/mol. The molecular formula is C17H18N4O4. The van der Waals surface area contributed by atoms with Crippen molar-refractivity contribution in [3.05, 3.63) is 36.7 Å². The Kier molecular flexibility index (Phi) is 4.24. The van der Waals surface area contributed by atoms with Crippen LogP contribution in [-0.4, -0.2) is 46.9 Å². The second-order valence-corrected chi connectivity index (χ2v) is 5.86. The highest BCUT2D eigenvalue weighted by Crippen LogP contribution is 2.34. The van der Waals surface area contributed by atoms with E-state index in [1.54, 1.807) is 41.6 Å². The molecule has 4 rings (SSSR count). The third-order valence-electron chi connectivity index (χ3n) is 4.10. The van der Waals surface area contributed by atoms with Gasteiger partial charge in [0.1, 0.15) is 6.10 Å². The van der Waals surface area contributed by atoms with E-state index < -0.39 is 0 Å². The molecule has 1 aromatic heterocycles. The van der Waals surface area contributed by atoms with Crippen LogP contribution in [0.4, 0.5) is 10.5 Å². The van der Waals surface area contributed by atoms with Crippen LogP contribution < -0.4 is 19.5 Å². The predicted octanol–water partition coefficient (Wildman–Crippen LogP) is 2.28. The Morgan fingerprint density at radius 3 is 2.96 bits per heavy atom. The van der Waals surface area contributed by atoms with E-state index in [9.17, 15) is 4.79 Å². The Morgan fingerprint density at radius 1 is 1.24 bits per heavy atom. The molecule has 3 heterocycles. The van der Waals surface area contributed by atoms with Crippen molar-refractivity contribution in [1.82, 2.24) is 14.9 Å². The number of rotatable bonds is 3. The van der Waals surface area contributed by atoms with E-state index in [1.165, 1.54) is 0 Å². The lowest BCUT2D eigenvalue weighted by molar-refractivity contribution is 0.0983. The molecule has 0 radical (unpaired) electrons. The van der Waals surface area contributed by atoms with Gasteiger partial charge in [0.25, 0.3) is 0 Å². The van der Waals surface area contributed by atoms with Gasteiger partial charge in [-0.15, -0.1) is 0 Å². The van der Waals surface area contributed by atoms with Crippen LogP contribution in [-0.2, 0) is 0 Å². The average Bonchev–Trinajstić information content (AvgIpc) is 3.10. The third kappa shape index (κ3) is 3.57. The Labute approximate surface area is 144 Å². The van der Waals surface area contributed by atoms with Gasteiger partial charge in [-0.3, -0.25) is 0 Å². The topological polar surface area (TPSA) is 85.8 Å². The zero-order valence-corrected chi connectivity index (χ0v) is 13.6. The zero-order chi connectivity index (χ0) is 17.1. The number of amides is 2. The molecule has 1 fully saturated rings. The first kappa shape index (κ1) is 15.5. The second kappa shape index (κ2) is 6.84. The molecule has 25 heavy (non-hydrogen) atoms. The maximum absolute atomic E-state index is 12.5. The number of likely N-dealkylation sites (tertiary alicyclic amines) is 1. The summed E-state index contributed by atoms with van der Waals surface area (Å²) < 4.78 is 16.4. The number of nitrogens with zero attached hydrogens (tertiary/aromatic N) is 3. The molecule has 1 aromatic carbocycles. The first-order valence-electron chi connectivity index (χ1n) is 8.17. The van der Waals surface area contributed by atoms with Crippen LogP contribution in [0.1, 0.15) is 12.8 Å². The number of hydrogen-bond donors (Lipinski definition) is 1. The maximum Gasteiger partial charge on any atom is 0.321 e. The highest BCUT2D eigenvalue weighted by atomic mass is 16.7. The standard InChI is InChI=1S/C17H18N4O4/c22-17(20-12-4-5-14-15(9-12)24-11-23-14)21-8-1-3-13(10-21)25-16-18-6-2-7-19-16/h2,4-7,9,13H,1,3,8,10-11H2,(H,20,22). The van der Waals surface area contributed by atoms with Crippen LogP contribution in [0.5, 0.6) is 17.5 Å². The Hall–Kier alpha value is -3.03. The first-order chi connectivity index (χ1) is 12.3. The number of fused-ring (bicyclic) bond motifs is 1. The lowest BCUT2D eigenvalue weighted by atomic mass is 10.1. The SMILES string of the molecule is O=C(Nc1ccc2c(c1)OCO2)N1CCCC(Oc2ncccn2)C1. The zero-order valence-electron chi connectivity index (χ0n) is 13.6. The van der Waals surface area contributed by atoms with E-state index in [0.717, 1.165) is 12.8 Å². The summed E-state index contributed by atoms with van der Waals surface area (Å²) in [5.74, 6) is 1.33. The largest absolute Gasteiger partial charge is 0.458 e. The van der Waals surface area contributed by atoms with Crippen molar-refractivity contribution < 1.29 is 19.0 Å². The van der Waals surface area contributed by atoms with Crippen molar-refractivity contribution in [1.29, 1.82) is 0 Å². The van der Waals surface area contributed by atoms with E-state index in [4.69, 9.17) is 14.2 Å². The van der Waals surface area contributed by atoms with Crippen molar-refractivity contribution >= 4 is 11.7 Å². The number of nitrogens with one attached hydrogen (secondary N) is 1. The van der Waals surface area contributed by atoms with Gasteiger partial charge in [-0.25, -0.2) is 14.8 Å². The Balaban J connectivity index is 1.36. The van der Waals surface area contributed by atoms with Crippen molar-refractivity contribution in [3.63, 3.8) is 0 Å². The second-order valence-electron chi connectivity index (χ2n) is 5.86. The van der Waals surface area contributed by atoms with Gasteiger partial charge < -0.3 is 24.4 Å². The first-order valence-corrected chi connectivity index (χ1v) is 8.17. The fraction of sp³-hybridized carbons (Fsp3) is 0.353. The summed E-state index contributed by atoms with van der Waals surface area (Å²) in [5, 5.41) is 2.89. The van der Waals surface area contributed by atoms with Crippen LogP contribution in [0.15, 0.2) is 36.7 Å². The normalized spacial score (nSPS) is 18.7. The fourth-order valence-electron chi connectivity index (χ4n) is 2.89. The van der Waals surface area contributed by atoms with Gasteiger partial charge in [-0.2, -0.15) is 0 Å². The lowest BCUT2D eigenvalue weighted by Crippen LogP contribution is -2.46. The summed E-state index contributed by atoms with van der Waals surface area (Å²) in [7, 11) is 0. The van der Waals surface area contributed by atoms with Gasteiger partial charge in [-0.05, 0) is 31.0 Å². The monoisotopic (exact) mass is 342 g/mol. The molecule has 2 aliphatic heterocycles. The number of ether oxygens (including phenoxy) is 3. The molecule has 130 valence electrons. The van der Waals surface area contributed by atoms with Crippen molar-refractivity contribution in [2.45, 2.75) is 18.9 Å². The van der Waals surface area contributed by atoms with Crippen LogP contribution in [0.2, 0.25) is 0 Å². The smallest absolute Gasteiger partial charge is 0.321 e. The molecule has 1 N–H and O–H groups in total. The molecule has 0 spiro atoms. The minimum Gasteiger partial charge on any atom is -0.458 e. The van der Waals surface area contributed by atoms with E-state index in [-0.39, 0.29) is 18.9 Å². The number of hydrogen-bond acceptors (Lipinski definition) is 6. The molecule has 8 nitrogen and oxygen atoms in total. The van der Waals surface area contributed by atoms with Crippen LogP contribution in [0.3, 0.4) is 0 Å². The highest BCUT2D eigenvalue weighted by Gasteiger charge is 2.26. The van der Waals surface area contributed by atoms with Crippen LogP contribution in [0, 0.1) is 0 Å². The Morgan fingerprint density at radius 2 is 2.08 bits per heavy atom. The third-order valence-corrected chi connectivity index (χ3v) is 4.10. The molecule has 1 atom stereocenters.